The number of fused-ring (bicyclic) bond motifs is 1. The van der Waals surface area contributed by atoms with Crippen molar-refractivity contribution in [2.24, 2.45) is 0 Å². The highest BCUT2D eigenvalue weighted by Gasteiger charge is 2.18. The van der Waals surface area contributed by atoms with Crippen LogP contribution in [0.4, 0.5) is 10.1 Å². The quantitative estimate of drug-likeness (QED) is 0.216. The summed E-state index contributed by atoms with van der Waals surface area (Å²) in [6.45, 7) is 1.61. The highest BCUT2D eigenvalue weighted by atomic mass is 35.5. The minimum atomic E-state index is -0.600. The smallest absolute Gasteiger partial charge is 0.178 e. The summed E-state index contributed by atoms with van der Waals surface area (Å²) in [5.41, 5.74) is 2.83. The van der Waals surface area contributed by atoms with Crippen LogP contribution in [0, 0.1) is 11.2 Å². The highest BCUT2D eigenvalue weighted by Crippen LogP contribution is 2.24. The van der Waals surface area contributed by atoms with E-state index in [0.717, 1.165) is 25.0 Å². The van der Waals surface area contributed by atoms with E-state index in [9.17, 15) is 9.60 Å². The van der Waals surface area contributed by atoms with Crippen molar-refractivity contribution in [3.8, 4) is 0 Å². The Morgan fingerprint density at radius 3 is 2.72 bits per heavy atom. The molecule has 0 spiro atoms. The van der Waals surface area contributed by atoms with E-state index in [0.29, 0.717) is 28.2 Å². The first kappa shape index (κ1) is 21.9. The normalized spacial score (nSPS) is 11.3. The van der Waals surface area contributed by atoms with E-state index >= 15 is 0 Å². The summed E-state index contributed by atoms with van der Waals surface area (Å²) in [6.07, 6.45) is 2.20. The van der Waals surface area contributed by atoms with Crippen molar-refractivity contribution in [1.29, 1.82) is 5.41 Å². The first-order valence-corrected chi connectivity index (χ1v) is 10.4. The predicted molar refractivity (Wildman–Crippen MR) is 123 cm³/mol. The molecule has 0 aliphatic heterocycles. The molecule has 2 aromatic heterocycles. The first-order chi connectivity index (χ1) is 15.4. The zero-order valence-electron chi connectivity index (χ0n) is 17.4. The Morgan fingerprint density at radius 1 is 1.19 bits per heavy atom. The van der Waals surface area contributed by atoms with Gasteiger partial charge >= 0.3 is 0 Å². The minimum absolute atomic E-state index is 0.141. The zero-order valence-corrected chi connectivity index (χ0v) is 18.1. The second-order valence-electron chi connectivity index (χ2n) is 7.47. The molecule has 2 heterocycles. The SMILES string of the molecule is CN(CCc1nc2nccc(C(=N)N(O)c3ccc(F)c(Cl)c3)c2[nH]1)Cc1ccccc1. The number of imidazole rings is 1. The molecule has 4 aromatic rings. The highest BCUT2D eigenvalue weighted by molar-refractivity contribution is 6.31. The number of halogens is 2. The number of likely N-dealkylation sites (N-methyl/N-ethyl adjacent to an activating group) is 1. The van der Waals surface area contributed by atoms with Gasteiger partial charge in [-0.3, -0.25) is 10.6 Å². The Morgan fingerprint density at radius 2 is 1.97 bits per heavy atom. The van der Waals surface area contributed by atoms with Crippen LogP contribution in [-0.2, 0) is 13.0 Å². The topological polar surface area (TPSA) is 92.1 Å². The van der Waals surface area contributed by atoms with Gasteiger partial charge in [0.15, 0.2) is 11.5 Å². The Bertz CT molecular complexity index is 1250. The van der Waals surface area contributed by atoms with Gasteiger partial charge in [0, 0.05) is 31.3 Å². The number of pyridine rings is 1. The molecule has 32 heavy (non-hydrogen) atoms. The van der Waals surface area contributed by atoms with Gasteiger partial charge in [0.05, 0.1) is 16.2 Å². The number of nitrogens with zero attached hydrogens (tertiary/aromatic N) is 4. The van der Waals surface area contributed by atoms with Crippen LogP contribution in [0.3, 0.4) is 0 Å². The molecule has 3 N–H and O–H groups in total. The maximum Gasteiger partial charge on any atom is 0.178 e. The monoisotopic (exact) mass is 452 g/mol. The van der Waals surface area contributed by atoms with Crippen molar-refractivity contribution in [3.63, 3.8) is 0 Å². The lowest BCUT2D eigenvalue weighted by molar-refractivity contribution is 0.312. The van der Waals surface area contributed by atoms with Crippen molar-refractivity contribution in [1.82, 2.24) is 19.9 Å². The molecular weight excluding hydrogens is 431 g/mol. The maximum absolute atomic E-state index is 13.4. The van der Waals surface area contributed by atoms with Gasteiger partial charge < -0.3 is 9.88 Å². The van der Waals surface area contributed by atoms with Crippen LogP contribution >= 0.6 is 11.6 Å². The lowest BCUT2D eigenvalue weighted by atomic mass is 10.2. The van der Waals surface area contributed by atoms with E-state index in [4.69, 9.17) is 17.0 Å². The number of rotatable bonds is 7. The number of H-pyrrole nitrogens is 1. The van der Waals surface area contributed by atoms with Gasteiger partial charge in [-0.05, 0) is 36.9 Å². The van der Waals surface area contributed by atoms with Crippen molar-refractivity contribution in [3.05, 3.63) is 88.6 Å². The number of hydroxylamine groups is 1. The van der Waals surface area contributed by atoms with Crippen LogP contribution in [0.1, 0.15) is 17.0 Å². The molecule has 0 radical (unpaired) electrons. The number of hydrogen-bond donors (Lipinski definition) is 3. The third-order valence-electron chi connectivity index (χ3n) is 5.08. The fraction of sp³-hybridized carbons (Fsp3) is 0.174. The molecule has 0 fully saturated rings. The van der Waals surface area contributed by atoms with Gasteiger partial charge in [-0.2, -0.15) is 0 Å². The zero-order chi connectivity index (χ0) is 22.7. The Hall–Kier alpha value is -3.33. The molecule has 7 nitrogen and oxygen atoms in total. The molecule has 0 amide bonds. The minimum Gasteiger partial charge on any atom is -0.340 e. The van der Waals surface area contributed by atoms with E-state index in [-0.39, 0.29) is 16.5 Å². The average molecular weight is 453 g/mol. The van der Waals surface area contributed by atoms with E-state index < -0.39 is 5.82 Å². The standard InChI is InChI=1S/C23H22ClFN6O/c1-30(14-15-5-3-2-4-6-15)12-10-20-28-21-17(9-11-27-23(21)29-20)22(26)31(32)16-7-8-19(25)18(24)13-16/h2-9,11,13,26,32H,10,12,14H2,1H3,(H,27,28,29). The summed E-state index contributed by atoms with van der Waals surface area (Å²) < 4.78 is 13.4. The molecule has 0 aliphatic carbocycles. The third-order valence-corrected chi connectivity index (χ3v) is 5.37. The van der Waals surface area contributed by atoms with Gasteiger partial charge in [0.25, 0.3) is 0 Å². The summed E-state index contributed by atoms with van der Waals surface area (Å²) in [5.74, 6) is -0.0736. The first-order valence-electron chi connectivity index (χ1n) is 10.0. The van der Waals surface area contributed by atoms with Crippen LogP contribution in [0.5, 0.6) is 0 Å². The summed E-state index contributed by atoms with van der Waals surface area (Å²) in [4.78, 5) is 14.2. The Kier molecular flexibility index (Phi) is 6.45. The van der Waals surface area contributed by atoms with Gasteiger partial charge in [-0.25, -0.2) is 19.4 Å². The van der Waals surface area contributed by atoms with Gasteiger partial charge in [0.1, 0.15) is 11.6 Å². The van der Waals surface area contributed by atoms with E-state index in [1.165, 1.54) is 23.9 Å². The molecule has 9 heteroatoms. The van der Waals surface area contributed by atoms with Crippen LogP contribution < -0.4 is 5.06 Å². The second kappa shape index (κ2) is 9.44. The fourth-order valence-corrected chi connectivity index (χ4v) is 3.58. The number of benzene rings is 2. The number of amidine groups is 1. The number of nitrogens with one attached hydrogen (secondary N) is 2. The molecule has 2 aromatic carbocycles. The van der Waals surface area contributed by atoms with E-state index in [1.807, 2.05) is 25.2 Å². The van der Waals surface area contributed by atoms with Crippen molar-refractivity contribution < 1.29 is 9.60 Å². The van der Waals surface area contributed by atoms with Gasteiger partial charge in [0.2, 0.25) is 0 Å². The summed E-state index contributed by atoms with van der Waals surface area (Å²) >= 11 is 5.80. The molecular formula is C23H22ClFN6O. The molecule has 0 atom stereocenters. The molecule has 0 saturated carbocycles. The average Bonchev–Trinajstić information content (AvgIpc) is 3.22. The van der Waals surface area contributed by atoms with E-state index in [2.05, 4.69) is 32.0 Å². The van der Waals surface area contributed by atoms with Crippen LogP contribution in [-0.4, -0.2) is 44.5 Å². The maximum atomic E-state index is 13.4. The second-order valence-corrected chi connectivity index (χ2v) is 7.88. The van der Waals surface area contributed by atoms with Crippen LogP contribution in [0.2, 0.25) is 5.02 Å². The predicted octanol–water partition coefficient (Wildman–Crippen LogP) is 4.65. The summed E-state index contributed by atoms with van der Waals surface area (Å²) in [7, 11) is 2.05. The largest absolute Gasteiger partial charge is 0.340 e. The lowest BCUT2D eigenvalue weighted by Crippen LogP contribution is -2.27. The van der Waals surface area contributed by atoms with E-state index in [1.54, 1.807) is 6.07 Å². The van der Waals surface area contributed by atoms with Crippen molar-refractivity contribution >= 4 is 34.3 Å². The number of hydrogen-bond acceptors (Lipinski definition) is 5. The molecule has 0 saturated heterocycles. The number of anilines is 1. The van der Waals surface area contributed by atoms with Crippen molar-refractivity contribution in [2.75, 3.05) is 18.7 Å². The molecule has 0 bridgehead atoms. The molecule has 0 unspecified atom stereocenters. The Balaban J connectivity index is 1.50. The Labute approximate surface area is 189 Å². The summed E-state index contributed by atoms with van der Waals surface area (Å²) in [5, 5.41) is 19.5. The lowest BCUT2D eigenvalue weighted by Gasteiger charge is -2.18. The van der Waals surface area contributed by atoms with Gasteiger partial charge in [-0.15, -0.1) is 0 Å². The van der Waals surface area contributed by atoms with Crippen LogP contribution in [0.25, 0.3) is 11.2 Å². The molecule has 164 valence electrons. The van der Waals surface area contributed by atoms with Gasteiger partial charge in [-0.1, -0.05) is 41.9 Å². The van der Waals surface area contributed by atoms with Crippen LogP contribution in [0.15, 0.2) is 60.8 Å². The number of aromatic amines is 1. The number of aromatic nitrogens is 3. The van der Waals surface area contributed by atoms with Crippen molar-refractivity contribution in [2.45, 2.75) is 13.0 Å². The third kappa shape index (κ3) is 4.77. The fourth-order valence-electron chi connectivity index (χ4n) is 3.41. The molecule has 0 aliphatic rings. The summed E-state index contributed by atoms with van der Waals surface area (Å²) in [6, 6.07) is 15.6. The molecule has 4 rings (SSSR count).